The van der Waals surface area contributed by atoms with E-state index in [9.17, 15) is 0 Å². The summed E-state index contributed by atoms with van der Waals surface area (Å²) >= 11 is 0. The zero-order valence-electron chi connectivity index (χ0n) is 6.87. The number of oxime groups is 1. The molecule has 0 bridgehead atoms. The van der Waals surface area contributed by atoms with Crippen LogP contribution in [0.15, 0.2) is 17.0 Å². The highest BCUT2D eigenvalue weighted by molar-refractivity contribution is 5.95. The molecule has 0 saturated carbocycles. The Bertz CT molecular complexity index is 196. The van der Waals surface area contributed by atoms with Gasteiger partial charge in [0.1, 0.15) is 0 Å². The molecule has 1 unspecified atom stereocenters. The van der Waals surface area contributed by atoms with Crippen molar-refractivity contribution < 1.29 is 9.94 Å². The molecule has 0 radical (unpaired) electrons. The first-order chi connectivity index (χ1) is 5.26. The second-order valence-electron chi connectivity index (χ2n) is 2.92. The maximum atomic E-state index is 8.51. The first-order valence-electron chi connectivity index (χ1n) is 3.71. The van der Waals surface area contributed by atoms with Gasteiger partial charge in [-0.25, -0.2) is 0 Å². The lowest BCUT2D eigenvalue weighted by Crippen LogP contribution is -2.12. The Morgan fingerprint density at radius 2 is 2.36 bits per heavy atom. The number of rotatable bonds is 1. The van der Waals surface area contributed by atoms with Gasteiger partial charge in [-0.2, -0.15) is 0 Å². The summed E-state index contributed by atoms with van der Waals surface area (Å²) in [5, 5.41) is 11.7. The second-order valence-corrected chi connectivity index (χ2v) is 2.92. The van der Waals surface area contributed by atoms with Crippen molar-refractivity contribution in [1.82, 2.24) is 0 Å². The molecule has 0 aromatic heterocycles. The summed E-state index contributed by atoms with van der Waals surface area (Å²) in [7, 11) is 1.64. The Labute approximate surface area is 66.4 Å². The van der Waals surface area contributed by atoms with Crippen LogP contribution in [-0.2, 0) is 4.74 Å². The van der Waals surface area contributed by atoms with Crippen LogP contribution in [0, 0.1) is 5.92 Å². The molecule has 1 aliphatic carbocycles. The first-order valence-corrected chi connectivity index (χ1v) is 3.71. The third-order valence-corrected chi connectivity index (χ3v) is 1.83. The number of nitrogens with zero attached hydrogens (tertiary/aromatic N) is 1. The van der Waals surface area contributed by atoms with Gasteiger partial charge in [-0.3, -0.25) is 0 Å². The van der Waals surface area contributed by atoms with Crippen LogP contribution in [0.3, 0.4) is 0 Å². The number of methoxy groups -OCH3 is 1. The largest absolute Gasteiger partial charge is 0.501 e. The van der Waals surface area contributed by atoms with Gasteiger partial charge in [0.25, 0.3) is 0 Å². The fourth-order valence-electron chi connectivity index (χ4n) is 1.29. The summed E-state index contributed by atoms with van der Waals surface area (Å²) in [5.74, 6) is 1.41. The van der Waals surface area contributed by atoms with Crippen LogP contribution < -0.4 is 0 Å². The molecule has 0 fully saturated rings. The van der Waals surface area contributed by atoms with E-state index in [0.717, 1.165) is 18.6 Å². The summed E-state index contributed by atoms with van der Waals surface area (Å²) in [6.07, 6.45) is 3.57. The number of allylic oxidation sites excluding steroid dienone is 2. The molecule has 1 N–H and O–H groups in total. The third-order valence-electron chi connectivity index (χ3n) is 1.83. The predicted molar refractivity (Wildman–Crippen MR) is 42.7 cm³/mol. The zero-order valence-corrected chi connectivity index (χ0v) is 6.87. The van der Waals surface area contributed by atoms with E-state index in [1.54, 1.807) is 13.2 Å². The standard InChI is InChI=1S/C8H13NO2/c1-6-3-7(9-10)5-8(4-6)11-2/h5-6,10H,3-4H2,1-2H3/b9-7+. The van der Waals surface area contributed by atoms with E-state index >= 15 is 0 Å². The summed E-state index contributed by atoms with van der Waals surface area (Å²) in [6, 6.07) is 0. The second kappa shape index (κ2) is 3.42. The van der Waals surface area contributed by atoms with E-state index in [1.807, 2.05) is 0 Å². The fourth-order valence-corrected chi connectivity index (χ4v) is 1.29. The Hall–Kier alpha value is -0.990. The minimum Gasteiger partial charge on any atom is -0.501 e. The molecule has 0 aromatic rings. The Kier molecular flexibility index (Phi) is 2.52. The highest BCUT2D eigenvalue weighted by Gasteiger charge is 2.15. The summed E-state index contributed by atoms with van der Waals surface area (Å²) in [6.45, 7) is 2.11. The average Bonchev–Trinajstić information content (AvgIpc) is 2.03. The highest BCUT2D eigenvalue weighted by atomic mass is 16.5. The smallest absolute Gasteiger partial charge is 0.0977 e. The van der Waals surface area contributed by atoms with Gasteiger partial charge >= 0.3 is 0 Å². The van der Waals surface area contributed by atoms with Crippen LogP contribution in [0.2, 0.25) is 0 Å². The lowest BCUT2D eigenvalue weighted by Gasteiger charge is -2.18. The summed E-state index contributed by atoms with van der Waals surface area (Å²) in [4.78, 5) is 0. The van der Waals surface area contributed by atoms with E-state index in [4.69, 9.17) is 9.94 Å². The van der Waals surface area contributed by atoms with Crippen molar-refractivity contribution in [3.63, 3.8) is 0 Å². The molecule has 1 rings (SSSR count). The van der Waals surface area contributed by atoms with Crippen molar-refractivity contribution in [2.75, 3.05) is 7.11 Å². The van der Waals surface area contributed by atoms with E-state index in [2.05, 4.69) is 12.1 Å². The zero-order chi connectivity index (χ0) is 8.27. The van der Waals surface area contributed by atoms with Gasteiger partial charge < -0.3 is 9.94 Å². The number of ether oxygens (including phenoxy) is 1. The van der Waals surface area contributed by atoms with Crippen molar-refractivity contribution in [1.29, 1.82) is 0 Å². The van der Waals surface area contributed by atoms with E-state index in [0.29, 0.717) is 11.6 Å². The topological polar surface area (TPSA) is 41.8 Å². The molecule has 1 aliphatic rings. The number of hydrogen-bond acceptors (Lipinski definition) is 3. The van der Waals surface area contributed by atoms with Crippen molar-refractivity contribution in [2.24, 2.45) is 11.1 Å². The van der Waals surface area contributed by atoms with E-state index in [-0.39, 0.29) is 0 Å². The molecule has 3 nitrogen and oxygen atoms in total. The minimum absolute atomic E-state index is 0.515. The summed E-state index contributed by atoms with van der Waals surface area (Å²) in [5.41, 5.74) is 0.709. The van der Waals surface area contributed by atoms with Gasteiger partial charge in [-0.05, 0) is 12.3 Å². The van der Waals surface area contributed by atoms with Gasteiger partial charge in [-0.15, -0.1) is 0 Å². The predicted octanol–water partition coefficient (Wildman–Crippen LogP) is 1.78. The fraction of sp³-hybridized carbons (Fsp3) is 0.625. The molecule has 0 saturated heterocycles. The van der Waals surface area contributed by atoms with Crippen LogP contribution in [0.1, 0.15) is 19.8 Å². The normalized spacial score (nSPS) is 28.4. The number of hydrogen-bond donors (Lipinski definition) is 1. The van der Waals surface area contributed by atoms with E-state index in [1.165, 1.54) is 0 Å². The lowest BCUT2D eigenvalue weighted by molar-refractivity contribution is 0.258. The Morgan fingerprint density at radius 1 is 1.64 bits per heavy atom. The van der Waals surface area contributed by atoms with Crippen LogP contribution in [0.5, 0.6) is 0 Å². The van der Waals surface area contributed by atoms with Crippen LogP contribution >= 0.6 is 0 Å². The van der Waals surface area contributed by atoms with Gasteiger partial charge in [0, 0.05) is 12.5 Å². The minimum atomic E-state index is 0.515. The molecule has 3 heteroatoms. The van der Waals surface area contributed by atoms with Crippen LogP contribution in [-0.4, -0.2) is 18.0 Å². The SMILES string of the molecule is COC1=C/C(=N/O)CC(C)C1. The van der Waals surface area contributed by atoms with Crippen LogP contribution in [0.25, 0.3) is 0 Å². The van der Waals surface area contributed by atoms with Crippen molar-refractivity contribution in [3.8, 4) is 0 Å². The molecule has 0 aromatic carbocycles. The van der Waals surface area contributed by atoms with Gasteiger partial charge in [0.15, 0.2) is 0 Å². The van der Waals surface area contributed by atoms with Crippen molar-refractivity contribution in [3.05, 3.63) is 11.8 Å². The average molecular weight is 155 g/mol. The lowest BCUT2D eigenvalue weighted by atomic mass is 9.94. The molecular formula is C8H13NO2. The van der Waals surface area contributed by atoms with Crippen LogP contribution in [0.4, 0.5) is 0 Å². The van der Waals surface area contributed by atoms with Gasteiger partial charge in [0.2, 0.25) is 0 Å². The molecule has 0 amide bonds. The molecule has 0 heterocycles. The van der Waals surface area contributed by atoms with Crippen molar-refractivity contribution >= 4 is 5.71 Å². The summed E-state index contributed by atoms with van der Waals surface area (Å²) < 4.78 is 5.06. The van der Waals surface area contributed by atoms with Crippen molar-refractivity contribution in [2.45, 2.75) is 19.8 Å². The maximum absolute atomic E-state index is 8.51. The quantitative estimate of drug-likeness (QED) is 0.463. The van der Waals surface area contributed by atoms with E-state index < -0.39 is 0 Å². The molecule has 11 heavy (non-hydrogen) atoms. The van der Waals surface area contributed by atoms with Gasteiger partial charge in [-0.1, -0.05) is 12.1 Å². The third kappa shape index (κ3) is 1.97. The molecule has 62 valence electrons. The maximum Gasteiger partial charge on any atom is 0.0977 e. The monoisotopic (exact) mass is 155 g/mol. The Morgan fingerprint density at radius 3 is 2.91 bits per heavy atom. The first kappa shape index (κ1) is 8.11. The highest BCUT2D eigenvalue weighted by Crippen LogP contribution is 2.21. The molecule has 1 atom stereocenters. The van der Waals surface area contributed by atoms with Gasteiger partial charge in [0.05, 0.1) is 18.6 Å². The molecule has 0 aliphatic heterocycles. The Balaban J connectivity index is 2.73. The molecule has 0 spiro atoms. The molecular weight excluding hydrogens is 142 g/mol.